The van der Waals surface area contributed by atoms with E-state index >= 15 is 0 Å². The molecule has 8 rings (SSSR count). The molecule has 0 bridgehead atoms. The Balaban J connectivity index is 0.000000145. The van der Waals surface area contributed by atoms with Crippen molar-refractivity contribution in [3.8, 4) is 0 Å². The maximum atomic E-state index is 12.9. The quantitative estimate of drug-likeness (QED) is 0.181. The molecule has 45 heavy (non-hydrogen) atoms. The molecule has 4 N–H and O–H groups in total. The molecular formula is C36H40N6O2S. The number of aromatic nitrogens is 4. The van der Waals surface area contributed by atoms with Crippen LogP contribution in [0.1, 0.15) is 98.2 Å². The first-order valence-corrected chi connectivity index (χ1v) is 16.5. The number of allylic oxidation sites excluding steroid dienone is 4. The van der Waals surface area contributed by atoms with E-state index < -0.39 is 0 Å². The summed E-state index contributed by atoms with van der Waals surface area (Å²) in [5, 5.41) is 23.9. The number of aromatic amines is 2. The Morgan fingerprint density at radius 2 is 1.20 bits per heavy atom. The maximum Gasteiger partial charge on any atom is 0.162 e. The molecule has 1 unspecified atom stereocenters. The molecule has 0 amide bonds. The number of ketones is 2. The summed E-state index contributed by atoms with van der Waals surface area (Å²) in [5.41, 5.74) is 9.39. The van der Waals surface area contributed by atoms with Crippen LogP contribution < -0.4 is 10.6 Å². The molecule has 5 heterocycles. The number of hydrogen-bond donors (Lipinski definition) is 4. The van der Waals surface area contributed by atoms with Crippen LogP contribution in [0.2, 0.25) is 0 Å². The summed E-state index contributed by atoms with van der Waals surface area (Å²) >= 11 is 1.71. The van der Waals surface area contributed by atoms with Crippen LogP contribution in [0.3, 0.4) is 0 Å². The summed E-state index contributed by atoms with van der Waals surface area (Å²) in [6, 6.07) is 14.4. The zero-order valence-electron chi connectivity index (χ0n) is 26.7. The normalized spacial score (nSPS) is 22.7. The minimum atomic E-state index is -0.0233. The van der Waals surface area contributed by atoms with Gasteiger partial charge in [-0.15, -0.1) is 11.3 Å². The summed E-state index contributed by atoms with van der Waals surface area (Å²) in [6.07, 6.45) is 2.98. The number of hydrogen-bond acceptors (Lipinski definition) is 7. The maximum absolute atomic E-state index is 12.9. The minimum absolute atomic E-state index is 0.00573. The van der Waals surface area contributed by atoms with Gasteiger partial charge in [0.2, 0.25) is 0 Å². The van der Waals surface area contributed by atoms with Crippen molar-refractivity contribution >= 4 is 34.5 Å². The van der Waals surface area contributed by atoms with E-state index in [9.17, 15) is 9.59 Å². The van der Waals surface area contributed by atoms with Crippen LogP contribution in [-0.2, 0) is 9.59 Å². The molecule has 0 saturated carbocycles. The lowest BCUT2D eigenvalue weighted by atomic mass is 9.69. The number of anilines is 2. The molecule has 4 aliphatic rings. The lowest BCUT2D eigenvalue weighted by Gasteiger charge is -2.38. The lowest BCUT2D eigenvalue weighted by Crippen LogP contribution is -2.33. The van der Waals surface area contributed by atoms with Gasteiger partial charge in [0, 0.05) is 68.7 Å². The number of benzene rings is 1. The molecular weight excluding hydrogens is 581 g/mol. The van der Waals surface area contributed by atoms with E-state index in [2.05, 4.69) is 88.4 Å². The van der Waals surface area contributed by atoms with Crippen LogP contribution in [0.25, 0.3) is 0 Å². The van der Waals surface area contributed by atoms with Gasteiger partial charge in [-0.25, -0.2) is 0 Å². The highest BCUT2D eigenvalue weighted by Crippen LogP contribution is 2.51. The monoisotopic (exact) mass is 620 g/mol. The van der Waals surface area contributed by atoms with Crippen molar-refractivity contribution in [3.05, 3.63) is 103 Å². The van der Waals surface area contributed by atoms with Gasteiger partial charge in [-0.05, 0) is 54.5 Å². The highest BCUT2D eigenvalue weighted by atomic mass is 32.1. The number of nitrogens with one attached hydrogen (secondary N) is 4. The van der Waals surface area contributed by atoms with E-state index in [0.717, 1.165) is 75.1 Å². The molecule has 9 heteroatoms. The Kier molecular flexibility index (Phi) is 7.00. The Hall–Kier alpha value is -4.24. The third-order valence-electron chi connectivity index (χ3n) is 9.48. The molecule has 4 aromatic rings. The Morgan fingerprint density at radius 1 is 0.689 bits per heavy atom. The van der Waals surface area contributed by atoms with E-state index in [1.165, 1.54) is 4.88 Å². The average molecular weight is 621 g/mol. The van der Waals surface area contributed by atoms with E-state index in [1.54, 1.807) is 11.3 Å². The third kappa shape index (κ3) is 5.17. The summed E-state index contributed by atoms with van der Waals surface area (Å²) in [6.45, 7) is 12.7. The van der Waals surface area contributed by atoms with Gasteiger partial charge < -0.3 is 10.6 Å². The summed E-state index contributed by atoms with van der Waals surface area (Å²) in [4.78, 5) is 27.0. The molecule has 2 atom stereocenters. The molecule has 0 saturated heterocycles. The van der Waals surface area contributed by atoms with Gasteiger partial charge in [-0.1, -0.05) is 64.1 Å². The smallest absolute Gasteiger partial charge is 0.162 e. The Morgan fingerprint density at radius 3 is 1.71 bits per heavy atom. The van der Waals surface area contributed by atoms with Gasteiger partial charge in [0.1, 0.15) is 0 Å². The first kappa shape index (κ1) is 29.5. The van der Waals surface area contributed by atoms with Crippen LogP contribution in [0.5, 0.6) is 0 Å². The van der Waals surface area contributed by atoms with Crippen molar-refractivity contribution in [2.75, 3.05) is 10.6 Å². The molecule has 232 valence electrons. The Labute approximate surface area is 267 Å². The lowest BCUT2D eigenvalue weighted by molar-refractivity contribution is -0.119. The van der Waals surface area contributed by atoms with E-state index in [0.29, 0.717) is 12.8 Å². The second-order valence-corrected chi connectivity index (χ2v) is 15.4. The average Bonchev–Trinajstić information content (AvgIpc) is 3.72. The fourth-order valence-electron chi connectivity index (χ4n) is 7.63. The summed E-state index contributed by atoms with van der Waals surface area (Å²) in [7, 11) is 0. The number of Topliss-reactive ketones (excluding diaryl/α,β-unsaturated/α-hetero) is 2. The van der Waals surface area contributed by atoms with Crippen molar-refractivity contribution in [1.82, 2.24) is 20.4 Å². The first-order chi connectivity index (χ1) is 21.4. The SMILES string of the molecule is Cc1[nH]nc2c1C(c1cccs1)C1=C(CC(C)(C)CC1=O)N2.Cc1[nH]nc2c1[C@@H](c1ccccc1)C1=C(CC(C)(C)CC1=O)N2. The van der Waals surface area contributed by atoms with Gasteiger partial charge in [0.15, 0.2) is 23.2 Å². The second kappa shape index (κ2) is 10.7. The van der Waals surface area contributed by atoms with Crippen LogP contribution in [0.15, 0.2) is 70.4 Å². The van der Waals surface area contributed by atoms with Crippen LogP contribution in [0.4, 0.5) is 11.6 Å². The predicted molar refractivity (Wildman–Crippen MR) is 178 cm³/mol. The summed E-state index contributed by atoms with van der Waals surface area (Å²) < 4.78 is 0. The number of rotatable bonds is 2. The topological polar surface area (TPSA) is 116 Å². The molecule has 1 aromatic carbocycles. The van der Waals surface area contributed by atoms with Crippen molar-refractivity contribution in [3.63, 3.8) is 0 Å². The van der Waals surface area contributed by atoms with Crippen LogP contribution >= 0.6 is 11.3 Å². The van der Waals surface area contributed by atoms with Crippen molar-refractivity contribution in [1.29, 1.82) is 0 Å². The van der Waals surface area contributed by atoms with Gasteiger partial charge in [-0.2, -0.15) is 10.2 Å². The highest BCUT2D eigenvalue weighted by molar-refractivity contribution is 7.10. The molecule has 3 aromatic heterocycles. The van der Waals surface area contributed by atoms with Gasteiger partial charge >= 0.3 is 0 Å². The minimum Gasteiger partial charge on any atom is -0.342 e. The number of aryl methyl sites for hydroxylation is 2. The van der Waals surface area contributed by atoms with Crippen LogP contribution in [-0.4, -0.2) is 32.0 Å². The fourth-order valence-corrected chi connectivity index (χ4v) is 8.47. The number of nitrogens with zero attached hydrogens (tertiary/aromatic N) is 2. The highest BCUT2D eigenvalue weighted by Gasteiger charge is 2.43. The van der Waals surface area contributed by atoms with E-state index in [1.807, 2.05) is 32.0 Å². The number of thiophene rings is 1. The second-order valence-electron chi connectivity index (χ2n) is 14.4. The van der Waals surface area contributed by atoms with Gasteiger partial charge in [0.25, 0.3) is 0 Å². The van der Waals surface area contributed by atoms with Crippen LogP contribution in [0, 0.1) is 24.7 Å². The standard InChI is InChI=1S/C19H21N3O.C17H19N3OS/c1-11-15-16(12-7-5-4-6-8-12)17-13(20-18(15)22-21-11)9-19(2,3)10-14(17)23;1-9-13-15(12-5-4-6-22-12)14-10(18-16(13)20-19-9)7-17(2,3)8-11(14)21/h4-8,16H,9-10H2,1-3H3,(H2,20,21,22);4-6,15H,7-8H2,1-3H3,(H2,18,19,20)/t16-;/m1./s1. The Bertz CT molecular complexity index is 1870. The van der Waals surface area contributed by atoms with Crippen molar-refractivity contribution < 1.29 is 9.59 Å². The molecule has 2 aliphatic carbocycles. The number of H-pyrrole nitrogens is 2. The molecule has 0 radical (unpaired) electrons. The molecule has 2 aliphatic heterocycles. The largest absolute Gasteiger partial charge is 0.342 e. The first-order valence-electron chi connectivity index (χ1n) is 15.7. The number of carbonyl (C=O) groups excluding carboxylic acids is 2. The van der Waals surface area contributed by atoms with E-state index in [4.69, 9.17) is 0 Å². The predicted octanol–water partition coefficient (Wildman–Crippen LogP) is 7.90. The zero-order chi connectivity index (χ0) is 31.7. The number of fused-ring (bicyclic) bond motifs is 2. The summed E-state index contributed by atoms with van der Waals surface area (Å²) in [5.74, 6) is 2.26. The number of carbonyl (C=O) groups is 2. The van der Waals surface area contributed by atoms with E-state index in [-0.39, 0.29) is 34.2 Å². The molecule has 0 spiro atoms. The van der Waals surface area contributed by atoms with Crippen molar-refractivity contribution in [2.45, 2.75) is 79.1 Å². The molecule has 8 nitrogen and oxygen atoms in total. The third-order valence-corrected chi connectivity index (χ3v) is 10.4. The fraction of sp³-hybridized carbons (Fsp3) is 0.389. The molecule has 0 fully saturated rings. The van der Waals surface area contributed by atoms with Gasteiger partial charge in [-0.3, -0.25) is 19.8 Å². The zero-order valence-corrected chi connectivity index (χ0v) is 27.5. The van der Waals surface area contributed by atoms with Gasteiger partial charge in [0.05, 0.1) is 5.92 Å². The van der Waals surface area contributed by atoms with Crippen molar-refractivity contribution in [2.24, 2.45) is 10.8 Å².